The molecule has 4 heteroatoms. The second-order valence-electron chi connectivity index (χ2n) is 17.1. The molecule has 0 N–H and O–H groups in total. The second-order valence-corrected chi connectivity index (χ2v) is 17.1. The molecular weight excluding hydrogens is 705 g/mol. The van der Waals surface area contributed by atoms with Gasteiger partial charge in [0.25, 0.3) is 0 Å². The molecule has 3 aliphatic rings. The Bertz CT molecular complexity index is 2680. The van der Waals surface area contributed by atoms with Gasteiger partial charge in [0, 0.05) is 81.9 Å². The summed E-state index contributed by atoms with van der Waals surface area (Å²) < 4.78 is 5.06. The molecule has 11 rings (SSSR count). The number of rotatable bonds is 8. The zero-order valence-electron chi connectivity index (χ0n) is 33.4. The fraction of sp³-hybridized carbons (Fsp3) is 0.259. The van der Waals surface area contributed by atoms with E-state index in [9.17, 15) is 0 Å². The van der Waals surface area contributed by atoms with E-state index in [-0.39, 0.29) is 0 Å². The fourth-order valence-corrected chi connectivity index (χ4v) is 10.7. The number of para-hydroxylation sites is 4. The van der Waals surface area contributed by atoms with Crippen LogP contribution in [0.4, 0.5) is 5.69 Å². The van der Waals surface area contributed by atoms with Gasteiger partial charge in [-0.3, -0.25) is 0 Å². The molecule has 1 saturated carbocycles. The summed E-state index contributed by atoms with van der Waals surface area (Å²) in [4.78, 5) is 5.17. The van der Waals surface area contributed by atoms with Crippen LogP contribution in [0.5, 0.6) is 0 Å². The van der Waals surface area contributed by atoms with E-state index < -0.39 is 0 Å². The molecule has 1 atom stereocenters. The number of hydrogen-bond acceptors (Lipinski definition) is 2. The minimum absolute atomic E-state index is 0.540. The van der Waals surface area contributed by atoms with Gasteiger partial charge in [-0.1, -0.05) is 109 Å². The maximum atomic E-state index is 2.65. The highest BCUT2D eigenvalue weighted by atomic mass is 15.3. The Balaban J connectivity index is 0.662. The SMILES string of the molecule is C1=CC(Cc2ccc(-n3c4ccccc4c4ccccc43)cc2)CC=C1N1CCN(c2ccc(CC3CCC(n4c5ccccc5c5ccccc54)CC3)cc2)CC1. The van der Waals surface area contributed by atoms with Gasteiger partial charge in [-0.05, 0) is 123 Å². The number of allylic oxidation sites excluding steroid dienone is 3. The highest BCUT2D eigenvalue weighted by Crippen LogP contribution is 2.40. The maximum absolute atomic E-state index is 2.65. The number of benzene rings is 6. The predicted molar refractivity (Wildman–Crippen MR) is 244 cm³/mol. The molecule has 288 valence electrons. The molecule has 8 aromatic rings. The van der Waals surface area contributed by atoms with Crippen LogP contribution in [0.25, 0.3) is 49.3 Å². The number of nitrogens with zero attached hydrogens (tertiary/aromatic N) is 4. The summed E-state index contributed by atoms with van der Waals surface area (Å²) in [6.45, 7) is 4.28. The normalized spacial score (nSPS) is 20.1. The van der Waals surface area contributed by atoms with E-state index in [2.05, 4.69) is 183 Å². The monoisotopic (exact) mass is 756 g/mol. The smallest absolute Gasteiger partial charge is 0.0541 e. The first-order valence-electron chi connectivity index (χ1n) is 21.8. The third kappa shape index (κ3) is 6.49. The first kappa shape index (κ1) is 35.2. The lowest BCUT2D eigenvalue weighted by Gasteiger charge is -2.38. The standard InChI is InChI=1S/C54H52N4/c1-5-13-51-47(9-1)48-10-2-6-14-52(48)57(51)45-29-21-41(22-30-45)37-39-17-25-43(26-18-39)55-33-35-56(36-34-55)44-27-19-40(20-28-44)38-42-23-31-46(32-24-42)58-53-15-7-3-11-49(53)50-12-4-8-16-54(50)58/h1-19,23-28,31-32,40-41,45H,20-22,29-30,33-38H2. The maximum Gasteiger partial charge on any atom is 0.0541 e. The van der Waals surface area contributed by atoms with Crippen molar-refractivity contribution < 1.29 is 0 Å². The summed E-state index contributed by atoms with van der Waals surface area (Å²) in [7, 11) is 0. The molecule has 58 heavy (non-hydrogen) atoms. The molecule has 2 aromatic heterocycles. The summed E-state index contributed by atoms with van der Waals surface area (Å²) in [5.74, 6) is 1.31. The molecule has 0 spiro atoms. The minimum Gasteiger partial charge on any atom is -0.368 e. The molecule has 3 heterocycles. The van der Waals surface area contributed by atoms with Crippen LogP contribution in [-0.4, -0.2) is 40.2 Å². The van der Waals surface area contributed by atoms with Crippen molar-refractivity contribution in [2.45, 2.75) is 51.0 Å². The topological polar surface area (TPSA) is 16.3 Å². The van der Waals surface area contributed by atoms with Gasteiger partial charge in [0.2, 0.25) is 0 Å². The number of anilines is 1. The molecule has 0 bridgehead atoms. The van der Waals surface area contributed by atoms with Crippen LogP contribution in [-0.2, 0) is 12.8 Å². The Kier molecular flexibility index (Phi) is 9.14. The van der Waals surface area contributed by atoms with Gasteiger partial charge in [-0.15, -0.1) is 0 Å². The molecule has 0 radical (unpaired) electrons. The summed E-state index contributed by atoms with van der Waals surface area (Å²) in [6.07, 6.45) is 15.8. The summed E-state index contributed by atoms with van der Waals surface area (Å²) in [5.41, 5.74) is 12.2. The van der Waals surface area contributed by atoms with Crippen LogP contribution in [0.3, 0.4) is 0 Å². The fourth-order valence-electron chi connectivity index (χ4n) is 10.7. The molecule has 1 saturated heterocycles. The Labute approximate surface area is 342 Å². The Morgan fingerprint density at radius 3 is 1.48 bits per heavy atom. The Morgan fingerprint density at radius 1 is 0.448 bits per heavy atom. The van der Waals surface area contributed by atoms with E-state index in [0.717, 1.165) is 44.9 Å². The van der Waals surface area contributed by atoms with Crippen LogP contribution in [0, 0.1) is 11.8 Å². The molecule has 4 nitrogen and oxygen atoms in total. The van der Waals surface area contributed by atoms with Gasteiger partial charge in [0.15, 0.2) is 0 Å². The third-order valence-electron chi connectivity index (χ3n) is 13.7. The zero-order chi connectivity index (χ0) is 38.4. The van der Waals surface area contributed by atoms with Crippen molar-refractivity contribution in [3.8, 4) is 5.69 Å². The van der Waals surface area contributed by atoms with Crippen LogP contribution in [0.15, 0.2) is 170 Å². The van der Waals surface area contributed by atoms with Crippen LogP contribution in [0.2, 0.25) is 0 Å². The predicted octanol–water partition coefficient (Wildman–Crippen LogP) is 12.7. The number of hydrogen-bond donors (Lipinski definition) is 0. The largest absolute Gasteiger partial charge is 0.368 e. The Morgan fingerprint density at radius 2 is 0.931 bits per heavy atom. The molecule has 1 unspecified atom stereocenters. The van der Waals surface area contributed by atoms with Crippen molar-refractivity contribution in [2.24, 2.45) is 11.8 Å². The first-order valence-corrected chi connectivity index (χ1v) is 21.8. The number of fused-ring (bicyclic) bond motifs is 6. The second kappa shape index (κ2) is 15.1. The van der Waals surface area contributed by atoms with Gasteiger partial charge >= 0.3 is 0 Å². The first-order chi connectivity index (χ1) is 28.7. The van der Waals surface area contributed by atoms with E-state index in [1.807, 2.05) is 0 Å². The van der Waals surface area contributed by atoms with Gasteiger partial charge in [0.1, 0.15) is 0 Å². The molecule has 6 aromatic carbocycles. The molecule has 2 fully saturated rings. The highest BCUT2D eigenvalue weighted by Gasteiger charge is 2.26. The summed E-state index contributed by atoms with van der Waals surface area (Å²) in [5, 5.41) is 5.40. The van der Waals surface area contributed by atoms with Gasteiger partial charge in [0.05, 0.1) is 11.0 Å². The molecule has 1 aliphatic heterocycles. The molecule has 2 aliphatic carbocycles. The van der Waals surface area contributed by atoms with Crippen LogP contribution < -0.4 is 4.90 Å². The zero-order valence-corrected chi connectivity index (χ0v) is 33.4. The number of piperazine rings is 1. The van der Waals surface area contributed by atoms with Crippen LogP contribution in [0.1, 0.15) is 49.3 Å². The van der Waals surface area contributed by atoms with Crippen molar-refractivity contribution >= 4 is 49.3 Å². The lowest BCUT2D eigenvalue weighted by atomic mass is 9.82. The van der Waals surface area contributed by atoms with Crippen molar-refractivity contribution in [1.82, 2.24) is 14.0 Å². The summed E-state index contributed by atoms with van der Waals surface area (Å²) in [6, 6.07) is 54.9. The van der Waals surface area contributed by atoms with E-state index >= 15 is 0 Å². The van der Waals surface area contributed by atoms with Crippen molar-refractivity contribution in [2.75, 3.05) is 31.1 Å². The van der Waals surface area contributed by atoms with Crippen LogP contribution >= 0.6 is 0 Å². The minimum atomic E-state index is 0.540. The van der Waals surface area contributed by atoms with Crippen molar-refractivity contribution in [3.63, 3.8) is 0 Å². The van der Waals surface area contributed by atoms with Gasteiger partial charge in [-0.2, -0.15) is 0 Å². The Hall–Kier alpha value is -6.00. The molecular formula is C54H52N4. The number of aromatic nitrogens is 2. The quantitative estimate of drug-likeness (QED) is 0.153. The van der Waals surface area contributed by atoms with Gasteiger partial charge in [-0.25, -0.2) is 0 Å². The van der Waals surface area contributed by atoms with Gasteiger partial charge < -0.3 is 18.9 Å². The van der Waals surface area contributed by atoms with Crippen molar-refractivity contribution in [1.29, 1.82) is 0 Å². The van der Waals surface area contributed by atoms with E-state index in [1.165, 1.54) is 104 Å². The molecule has 0 amide bonds. The van der Waals surface area contributed by atoms with E-state index in [1.54, 1.807) is 0 Å². The lowest BCUT2D eigenvalue weighted by molar-refractivity contribution is 0.281. The van der Waals surface area contributed by atoms with Crippen molar-refractivity contribution in [3.05, 3.63) is 181 Å². The highest BCUT2D eigenvalue weighted by molar-refractivity contribution is 6.09. The summed E-state index contributed by atoms with van der Waals surface area (Å²) >= 11 is 0. The van der Waals surface area contributed by atoms with E-state index in [4.69, 9.17) is 0 Å². The average molecular weight is 757 g/mol. The average Bonchev–Trinajstić information content (AvgIpc) is 3.81. The van der Waals surface area contributed by atoms with E-state index in [0.29, 0.717) is 12.0 Å². The third-order valence-corrected chi connectivity index (χ3v) is 13.7. The lowest BCUT2D eigenvalue weighted by Crippen LogP contribution is -2.45.